The number of fused-ring (bicyclic) bond motifs is 1. The predicted molar refractivity (Wildman–Crippen MR) is 96.6 cm³/mol. The minimum atomic E-state index is -0.520. The smallest absolute Gasteiger partial charge is 0.247 e. The summed E-state index contributed by atoms with van der Waals surface area (Å²) in [6.07, 6.45) is 3.27. The molecule has 1 saturated heterocycles. The molecule has 0 saturated carbocycles. The molecule has 0 atom stereocenters. The molecule has 4 rings (SSSR count). The highest BCUT2D eigenvalue weighted by atomic mass is 19.1. The van der Waals surface area contributed by atoms with Gasteiger partial charge in [0.15, 0.2) is 11.6 Å². The number of halogens is 1. The Labute approximate surface area is 150 Å². The van der Waals surface area contributed by atoms with Gasteiger partial charge in [0, 0.05) is 50.7 Å². The Balaban J connectivity index is 1.64. The lowest BCUT2D eigenvalue weighted by atomic mass is 10.2. The number of likely N-dealkylation sites (N-methyl/N-ethyl adjacent to an activating group) is 1. The van der Waals surface area contributed by atoms with E-state index in [-0.39, 0.29) is 5.75 Å². The van der Waals surface area contributed by atoms with Crippen LogP contribution in [0.5, 0.6) is 11.6 Å². The molecule has 0 aliphatic carbocycles. The Kier molecular flexibility index (Phi) is 4.44. The summed E-state index contributed by atoms with van der Waals surface area (Å²) in [6, 6.07) is 6.35. The third kappa shape index (κ3) is 3.33. The van der Waals surface area contributed by atoms with Gasteiger partial charge in [-0.05, 0) is 30.8 Å². The van der Waals surface area contributed by atoms with Crippen LogP contribution in [-0.2, 0) is 6.54 Å². The number of nitrogens with zero attached hydrogens (tertiary/aromatic N) is 5. The number of benzene rings is 1. The first-order valence-electron chi connectivity index (χ1n) is 8.55. The fourth-order valence-electron chi connectivity index (χ4n) is 3.14. The molecular weight excluding hydrogens is 335 g/mol. The molecule has 0 unspecified atom stereocenters. The molecule has 7 nitrogen and oxygen atoms in total. The second-order valence-corrected chi connectivity index (χ2v) is 6.57. The van der Waals surface area contributed by atoms with Gasteiger partial charge in [-0.1, -0.05) is 0 Å². The first kappa shape index (κ1) is 16.7. The monoisotopic (exact) mass is 356 g/mol. The van der Waals surface area contributed by atoms with E-state index in [2.05, 4.69) is 26.9 Å². The van der Waals surface area contributed by atoms with Crippen LogP contribution in [0.3, 0.4) is 0 Å². The third-order valence-electron chi connectivity index (χ3n) is 4.66. The molecule has 2 aromatic heterocycles. The van der Waals surface area contributed by atoms with E-state index in [0.717, 1.165) is 43.8 Å². The molecule has 136 valence electrons. The standard InChI is InChI=1S/C18H21FN6O/c1-23-6-8-24(9-7-23)11-13-4-5-25-17(13)18(21-12-22-25)26-16-3-2-14(20)10-15(16)19/h2-5,10,12H,6-9,11,20H2,1H3. The number of nitrogens with two attached hydrogens (primary N) is 1. The highest BCUT2D eigenvalue weighted by Gasteiger charge is 2.19. The van der Waals surface area contributed by atoms with Crippen molar-refractivity contribution in [2.24, 2.45) is 0 Å². The maximum Gasteiger partial charge on any atom is 0.247 e. The lowest BCUT2D eigenvalue weighted by molar-refractivity contribution is 0.148. The number of rotatable bonds is 4. The van der Waals surface area contributed by atoms with Gasteiger partial charge in [-0.3, -0.25) is 4.90 Å². The van der Waals surface area contributed by atoms with Gasteiger partial charge >= 0.3 is 0 Å². The Morgan fingerprint density at radius 3 is 2.77 bits per heavy atom. The summed E-state index contributed by atoms with van der Waals surface area (Å²) in [7, 11) is 2.13. The van der Waals surface area contributed by atoms with Crippen LogP contribution in [0.1, 0.15) is 5.56 Å². The van der Waals surface area contributed by atoms with Crippen LogP contribution >= 0.6 is 0 Å². The molecule has 3 aromatic rings. The van der Waals surface area contributed by atoms with E-state index in [1.807, 2.05) is 12.3 Å². The number of hydrogen-bond donors (Lipinski definition) is 1. The molecule has 1 aliphatic heterocycles. The topological polar surface area (TPSA) is 71.9 Å². The number of nitrogen functional groups attached to an aromatic ring is 1. The number of anilines is 1. The predicted octanol–water partition coefficient (Wildman–Crippen LogP) is 1.99. The van der Waals surface area contributed by atoms with Crippen LogP contribution in [-0.4, -0.2) is 57.6 Å². The van der Waals surface area contributed by atoms with E-state index in [0.29, 0.717) is 11.6 Å². The summed E-state index contributed by atoms with van der Waals surface area (Å²) in [5.41, 5.74) is 7.76. The van der Waals surface area contributed by atoms with Crippen molar-refractivity contribution >= 4 is 11.2 Å². The molecule has 0 bridgehead atoms. The zero-order valence-electron chi connectivity index (χ0n) is 14.6. The highest BCUT2D eigenvalue weighted by molar-refractivity contribution is 5.63. The summed E-state index contributed by atoms with van der Waals surface area (Å²) >= 11 is 0. The van der Waals surface area contributed by atoms with E-state index in [1.54, 1.807) is 10.6 Å². The summed E-state index contributed by atoms with van der Waals surface area (Å²) < 4.78 is 21.6. The van der Waals surface area contributed by atoms with Crippen molar-refractivity contribution < 1.29 is 9.13 Å². The molecule has 0 radical (unpaired) electrons. The largest absolute Gasteiger partial charge is 0.434 e. The van der Waals surface area contributed by atoms with Crippen molar-refractivity contribution in [1.29, 1.82) is 0 Å². The number of piperazine rings is 1. The first-order valence-corrected chi connectivity index (χ1v) is 8.55. The number of aromatic nitrogens is 3. The van der Waals surface area contributed by atoms with Crippen LogP contribution in [0.4, 0.5) is 10.1 Å². The summed E-state index contributed by atoms with van der Waals surface area (Å²) in [6.45, 7) is 4.87. The lowest BCUT2D eigenvalue weighted by Gasteiger charge is -2.32. The maximum absolute atomic E-state index is 14.1. The average molecular weight is 356 g/mol. The fourth-order valence-corrected chi connectivity index (χ4v) is 3.14. The van der Waals surface area contributed by atoms with E-state index in [4.69, 9.17) is 10.5 Å². The molecule has 1 aliphatic rings. The minimum absolute atomic E-state index is 0.0894. The van der Waals surface area contributed by atoms with Crippen LogP contribution in [0.2, 0.25) is 0 Å². The Morgan fingerprint density at radius 1 is 1.19 bits per heavy atom. The molecule has 1 fully saturated rings. The van der Waals surface area contributed by atoms with Gasteiger partial charge in [0.1, 0.15) is 11.8 Å². The third-order valence-corrected chi connectivity index (χ3v) is 4.66. The van der Waals surface area contributed by atoms with Crippen LogP contribution in [0.15, 0.2) is 36.8 Å². The lowest BCUT2D eigenvalue weighted by Crippen LogP contribution is -2.43. The Hall–Kier alpha value is -2.71. The molecule has 0 spiro atoms. The van der Waals surface area contributed by atoms with Gasteiger partial charge in [-0.25, -0.2) is 8.91 Å². The molecule has 0 amide bonds. The maximum atomic E-state index is 14.1. The number of ether oxygens (including phenoxy) is 1. The highest BCUT2D eigenvalue weighted by Crippen LogP contribution is 2.29. The van der Waals surface area contributed by atoms with E-state index in [9.17, 15) is 4.39 Å². The van der Waals surface area contributed by atoms with Gasteiger partial charge in [-0.2, -0.15) is 10.1 Å². The zero-order chi connectivity index (χ0) is 18.1. The fraction of sp³-hybridized carbons (Fsp3) is 0.333. The quantitative estimate of drug-likeness (QED) is 0.721. The Bertz CT molecular complexity index is 919. The summed E-state index contributed by atoms with van der Waals surface area (Å²) in [5.74, 6) is -0.0988. The Morgan fingerprint density at radius 2 is 2.00 bits per heavy atom. The van der Waals surface area contributed by atoms with E-state index >= 15 is 0 Å². The van der Waals surface area contributed by atoms with Crippen molar-refractivity contribution in [2.75, 3.05) is 39.0 Å². The first-order chi connectivity index (χ1) is 12.6. The zero-order valence-corrected chi connectivity index (χ0v) is 14.6. The number of hydrogen-bond acceptors (Lipinski definition) is 6. The molecular formula is C18H21FN6O. The van der Waals surface area contributed by atoms with Crippen molar-refractivity contribution in [3.05, 3.63) is 48.2 Å². The molecule has 3 heterocycles. The summed E-state index contributed by atoms with van der Waals surface area (Å²) in [5, 5.41) is 4.23. The van der Waals surface area contributed by atoms with E-state index < -0.39 is 5.82 Å². The molecule has 2 N–H and O–H groups in total. The normalized spacial score (nSPS) is 16.2. The van der Waals surface area contributed by atoms with Crippen molar-refractivity contribution in [3.8, 4) is 11.6 Å². The van der Waals surface area contributed by atoms with Gasteiger partial charge in [0.2, 0.25) is 5.88 Å². The van der Waals surface area contributed by atoms with Crippen LogP contribution in [0.25, 0.3) is 5.52 Å². The van der Waals surface area contributed by atoms with Gasteiger partial charge in [0.25, 0.3) is 0 Å². The average Bonchev–Trinajstić information content (AvgIpc) is 3.03. The molecule has 1 aromatic carbocycles. The van der Waals surface area contributed by atoms with Crippen LogP contribution < -0.4 is 10.5 Å². The van der Waals surface area contributed by atoms with Crippen LogP contribution in [0, 0.1) is 5.82 Å². The second-order valence-electron chi connectivity index (χ2n) is 6.57. The minimum Gasteiger partial charge on any atom is -0.434 e. The van der Waals surface area contributed by atoms with Crippen molar-refractivity contribution in [2.45, 2.75) is 6.54 Å². The molecule has 26 heavy (non-hydrogen) atoms. The summed E-state index contributed by atoms with van der Waals surface area (Å²) in [4.78, 5) is 8.93. The van der Waals surface area contributed by atoms with E-state index in [1.165, 1.54) is 18.5 Å². The SMILES string of the molecule is CN1CCN(Cc2ccn3ncnc(Oc4ccc(N)cc4F)c23)CC1. The van der Waals surface area contributed by atoms with Crippen molar-refractivity contribution in [1.82, 2.24) is 24.4 Å². The second kappa shape index (κ2) is 6.89. The van der Waals surface area contributed by atoms with Gasteiger partial charge in [0.05, 0.1) is 0 Å². The van der Waals surface area contributed by atoms with Gasteiger partial charge < -0.3 is 15.4 Å². The molecule has 8 heteroatoms. The van der Waals surface area contributed by atoms with Gasteiger partial charge in [-0.15, -0.1) is 0 Å². The van der Waals surface area contributed by atoms with Crippen molar-refractivity contribution in [3.63, 3.8) is 0 Å².